The highest BCUT2D eigenvalue weighted by Crippen LogP contribution is 2.28. The average molecular weight is 448 g/mol. The molecule has 0 saturated carbocycles. The largest absolute Gasteiger partial charge is 0.444 e. The van der Waals surface area contributed by atoms with E-state index in [2.05, 4.69) is 36.5 Å². The maximum atomic E-state index is 12.3. The number of nitrogens with one attached hydrogen (secondary N) is 1. The van der Waals surface area contributed by atoms with Gasteiger partial charge < -0.3 is 14.2 Å². The topological polar surface area (TPSA) is 56.8 Å². The summed E-state index contributed by atoms with van der Waals surface area (Å²) in [7, 11) is 0. The number of hydrogen-bond donors (Lipinski definition) is 1. The van der Waals surface area contributed by atoms with Gasteiger partial charge in [0.15, 0.2) is 5.79 Å². The van der Waals surface area contributed by atoms with E-state index in [1.165, 1.54) is 49.7 Å². The third-order valence-corrected chi connectivity index (χ3v) is 5.79. The Kier molecular flexibility index (Phi) is 10.5. The second-order valence-corrected chi connectivity index (χ2v) is 10.5. The number of alkyl carbamates (subject to hydrolysis) is 1. The maximum absolute atomic E-state index is 12.3. The first-order valence-electron chi connectivity index (χ1n) is 12.5. The Morgan fingerprint density at radius 3 is 2.25 bits per heavy atom. The van der Waals surface area contributed by atoms with Crippen LogP contribution in [-0.2, 0) is 27.1 Å². The van der Waals surface area contributed by atoms with E-state index in [0.717, 1.165) is 19.3 Å². The quantitative estimate of drug-likeness (QED) is 0.380. The van der Waals surface area contributed by atoms with Crippen molar-refractivity contribution in [3.63, 3.8) is 0 Å². The zero-order chi connectivity index (χ0) is 23.6. The minimum absolute atomic E-state index is 0.0679. The molecule has 1 aliphatic heterocycles. The van der Waals surface area contributed by atoms with Crippen molar-refractivity contribution >= 4 is 6.09 Å². The summed E-state index contributed by atoms with van der Waals surface area (Å²) >= 11 is 0. The van der Waals surface area contributed by atoms with Crippen LogP contribution in [0.3, 0.4) is 0 Å². The number of ether oxygens (including phenoxy) is 3. The van der Waals surface area contributed by atoms with Crippen LogP contribution in [0.2, 0.25) is 0 Å². The molecule has 1 saturated heterocycles. The molecule has 0 spiro atoms. The highest BCUT2D eigenvalue weighted by Gasteiger charge is 2.37. The van der Waals surface area contributed by atoms with Crippen LogP contribution < -0.4 is 5.32 Å². The van der Waals surface area contributed by atoms with Gasteiger partial charge in [-0.15, -0.1) is 0 Å². The molecule has 2 atom stereocenters. The minimum atomic E-state index is -0.728. The van der Waals surface area contributed by atoms with Crippen molar-refractivity contribution in [3.05, 3.63) is 35.4 Å². The first kappa shape index (κ1) is 26.7. The second-order valence-electron chi connectivity index (χ2n) is 10.5. The summed E-state index contributed by atoms with van der Waals surface area (Å²) in [5.74, 6) is -0.660. The van der Waals surface area contributed by atoms with Crippen LogP contribution in [0.25, 0.3) is 0 Å². The molecule has 5 nitrogen and oxygen atoms in total. The van der Waals surface area contributed by atoms with E-state index < -0.39 is 23.7 Å². The summed E-state index contributed by atoms with van der Waals surface area (Å²) < 4.78 is 17.3. The van der Waals surface area contributed by atoms with E-state index in [1.807, 2.05) is 34.6 Å². The van der Waals surface area contributed by atoms with Crippen LogP contribution in [-0.4, -0.2) is 30.3 Å². The van der Waals surface area contributed by atoms with Crippen LogP contribution in [0.1, 0.15) is 97.6 Å². The number of amides is 1. The molecule has 0 bridgehead atoms. The molecule has 1 amide bonds. The lowest BCUT2D eigenvalue weighted by molar-refractivity contribution is -0.297. The number of hydrogen-bond acceptors (Lipinski definition) is 4. The Morgan fingerprint density at radius 1 is 1.03 bits per heavy atom. The van der Waals surface area contributed by atoms with E-state index in [-0.39, 0.29) is 5.92 Å². The van der Waals surface area contributed by atoms with Gasteiger partial charge in [-0.25, -0.2) is 4.79 Å². The van der Waals surface area contributed by atoms with E-state index in [9.17, 15) is 4.79 Å². The van der Waals surface area contributed by atoms with Crippen LogP contribution in [0.15, 0.2) is 24.3 Å². The van der Waals surface area contributed by atoms with E-state index in [1.54, 1.807) is 0 Å². The lowest BCUT2D eigenvalue weighted by atomic mass is 9.96. The molecular formula is C27H45NO4. The van der Waals surface area contributed by atoms with E-state index >= 15 is 0 Å². The first-order valence-corrected chi connectivity index (χ1v) is 12.5. The molecule has 1 N–H and O–H groups in total. The second kappa shape index (κ2) is 12.6. The fourth-order valence-electron chi connectivity index (χ4n) is 3.97. The number of benzene rings is 1. The van der Waals surface area contributed by atoms with Gasteiger partial charge in [0.05, 0.1) is 6.61 Å². The summed E-state index contributed by atoms with van der Waals surface area (Å²) in [4.78, 5) is 12.3. The average Bonchev–Trinajstić information content (AvgIpc) is 2.69. The van der Waals surface area contributed by atoms with Gasteiger partial charge >= 0.3 is 6.09 Å². The smallest absolute Gasteiger partial charge is 0.409 e. The lowest BCUT2D eigenvalue weighted by Gasteiger charge is -2.41. The van der Waals surface area contributed by atoms with Gasteiger partial charge in [0, 0.05) is 5.92 Å². The fourth-order valence-corrected chi connectivity index (χ4v) is 3.97. The first-order chi connectivity index (χ1) is 15.1. The SMILES string of the molecule is CCCCCCCCc1ccc(CCC2COC(C)(C)OC2NC(=O)OC(C)(C)C)cc1. The molecular weight excluding hydrogens is 402 g/mol. The van der Waals surface area contributed by atoms with Gasteiger partial charge in [0.1, 0.15) is 11.8 Å². The normalized spacial score (nSPS) is 20.7. The van der Waals surface area contributed by atoms with Gasteiger partial charge in [0.25, 0.3) is 0 Å². The van der Waals surface area contributed by atoms with E-state index in [4.69, 9.17) is 14.2 Å². The van der Waals surface area contributed by atoms with Crippen molar-refractivity contribution < 1.29 is 19.0 Å². The van der Waals surface area contributed by atoms with Gasteiger partial charge in [-0.3, -0.25) is 5.32 Å². The highest BCUT2D eigenvalue weighted by molar-refractivity contribution is 5.67. The highest BCUT2D eigenvalue weighted by atomic mass is 16.7. The molecule has 2 unspecified atom stereocenters. The van der Waals surface area contributed by atoms with Crippen LogP contribution >= 0.6 is 0 Å². The summed E-state index contributed by atoms with van der Waals surface area (Å²) in [6.07, 6.45) is 10.0. The molecule has 0 aliphatic carbocycles. The summed E-state index contributed by atoms with van der Waals surface area (Å²) in [5, 5.41) is 2.90. The van der Waals surface area contributed by atoms with Gasteiger partial charge in [0.2, 0.25) is 0 Å². The van der Waals surface area contributed by atoms with Crippen molar-refractivity contribution in [1.82, 2.24) is 5.32 Å². The summed E-state index contributed by atoms with van der Waals surface area (Å²) in [6, 6.07) is 8.98. The molecule has 0 radical (unpaired) electrons. The van der Waals surface area contributed by atoms with Crippen molar-refractivity contribution in [2.45, 2.75) is 117 Å². The number of unbranched alkanes of at least 4 members (excludes halogenated alkanes) is 5. The standard InChI is InChI=1S/C27H45NO4/c1-7-8-9-10-11-12-13-21-14-16-22(17-15-21)18-19-23-20-30-27(5,6)31-24(23)28-25(29)32-26(2,3)4/h14-17,23-24H,7-13,18-20H2,1-6H3,(H,28,29). The van der Waals surface area contributed by atoms with Gasteiger partial charge in [-0.05, 0) is 71.4 Å². The van der Waals surface area contributed by atoms with Crippen molar-refractivity contribution in [2.24, 2.45) is 5.92 Å². The number of carbonyl (C=O) groups is 1. The summed E-state index contributed by atoms with van der Waals surface area (Å²) in [6.45, 7) is 12.1. The molecule has 1 aliphatic rings. The molecule has 1 fully saturated rings. The number of carbonyl (C=O) groups excluding carboxylic acids is 1. The third kappa shape index (κ3) is 10.4. The Labute approximate surface area is 195 Å². The molecule has 0 aromatic heterocycles. The molecule has 1 aromatic carbocycles. The molecule has 1 aromatic rings. The molecule has 182 valence electrons. The zero-order valence-corrected chi connectivity index (χ0v) is 21.2. The van der Waals surface area contributed by atoms with Gasteiger partial charge in [-0.2, -0.15) is 0 Å². The Morgan fingerprint density at radius 2 is 1.62 bits per heavy atom. The Hall–Kier alpha value is -1.59. The monoisotopic (exact) mass is 447 g/mol. The maximum Gasteiger partial charge on any atom is 0.409 e. The zero-order valence-electron chi connectivity index (χ0n) is 21.2. The Bertz CT molecular complexity index is 678. The van der Waals surface area contributed by atoms with Crippen molar-refractivity contribution in [2.75, 3.05) is 6.61 Å². The predicted molar refractivity (Wildman–Crippen MR) is 130 cm³/mol. The molecule has 1 heterocycles. The van der Waals surface area contributed by atoms with Crippen molar-refractivity contribution in [3.8, 4) is 0 Å². The molecule has 32 heavy (non-hydrogen) atoms. The fraction of sp³-hybridized carbons (Fsp3) is 0.741. The third-order valence-electron chi connectivity index (χ3n) is 5.79. The van der Waals surface area contributed by atoms with Crippen LogP contribution in [0.5, 0.6) is 0 Å². The van der Waals surface area contributed by atoms with Crippen molar-refractivity contribution in [1.29, 1.82) is 0 Å². The minimum Gasteiger partial charge on any atom is -0.444 e. The van der Waals surface area contributed by atoms with Crippen LogP contribution in [0.4, 0.5) is 4.79 Å². The summed E-state index contributed by atoms with van der Waals surface area (Å²) in [5.41, 5.74) is 2.18. The molecule has 2 rings (SSSR count). The van der Waals surface area contributed by atoms with Gasteiger partial charge in [-0.1, -0.05) is 63.3 Å². The van der Waals surface area contributed by atoms with E-state index in [0.29, 0.717) is 6.61 Å². The lowest BCUT2D eigenvalue weighted by Crippen LogP contribution is -2.54. The van der Waals surface area contributed by atoms with Crippen LogP contribution in [0, 0.1) is 5.92 Å². The number of aryl methyl sites for hydroxylation is 2. The number of rotatable bonds is 11. The predicted octanol–water partition coefficient (Wildman–Crippen LogP) is 6.77. The molecule has 5 heteroatoms. The Balaban J connectivity index is 1.82.